The maximum absolute atomic E-state index is 6.13. The topological polar surface area (TPSA) is 38.9 Å². The van der Waals surface area contributed by atoms with E-state index in [4.69, 9.17) is 17.3 Å². The fourth-order valence-electron chi connectivity index (χ4n) is 2.00. The first-order valence-electron chi connectivity index (χ1n) is 4.95. The molecule has 2 N–H and O–H groups in total. The van der Waals surface area contributed by atoms with Gasteiger partial charge in [-0.3, -0.25) is 0 Å². The second-order valence-electron chi connectivity index (χ2n) is 4.24. The first kappa shape index (κ1) is 9.94. The van der Waals surface area contributed by atoms with Crippen LogP contribution in [0.5, 0.6) is 0 Å². The lowest BCUT2D eigenvalue weighted by Gasteiger charge is -2.20. The lowest BCUT2D eigenvalue weighted by atomic mass is 9.90. The van der Waals surface area contributed by atoms with E-state index in [0.29, 0.717) is 5.15 Å². The third-order valence-electron chi connectivity index (χ3n) is 3.18. The highest BCUT2D eigenvalue weighted by atomic mass is 35.5. The molecule has 1 aliphatic rings. The van der Waals surface area contributed by atoms with E-state index < -0.39 is 0 Å². The molecule has 0 aromatic carbocycles. The van der Waals surface area contributed by atoms with Crippen molar-refractivity contribution < 1.29 is 0 Å². The van der Waals surface area contributed by atoms with Crippen LogP contribution in [0.25, 0.3) is 0 Å². The third-order valence-corrected chi connectivity index (χ3v) is 3.47. The minimum Gasteiger partial charge on any atom is -0.327 e. The number of halogens is 1. The first-order valence-corrected chi connectivity index (χ1v) is 5.33. The standard InChI is InChI=1S/C11H15ClN2/c1-7-3-4-9(10(12)14-7)11(5-6-11)8(2)13/h3-4,8H,5-6,13H2,1-2H3. The predicted octanol–water partition coefficient (Wildman–Crippen LogP) is 2.42. The van der Waals surface area contributed by atoms with Crippen LogP contribution >= 0.6 is 11.6 Å². The summed E-state index contributed by atoms with van der Waals surface area (Å²) in [6, 6.07) is 4.23. The van der Waals surface area contributed by atoms with Crippen LogP contribution in [0.3, 0.4) is 0 Å². The Labute approximate surface area is 89.5 Å². The largest absolute Gasteiger partial charge is 0.327 e. The van der Waals surface area contributed by atoms with Gasteiger partial charge in [0.2, 0.25) is 0 Å². The number of hydrogen-bond acceptors (Lipinski definition) is 2. The molecule has 0 saturated heterocycles. The highest BCUT2D eigenvalue weighted by Gasteiger charge is 2.48. The predicted molar refractivity (Wildman–Crippen MR) is 58.5 cm³/mol. The minimum atomic E-state index is 0.109. The summed E-state index contributed by atoms with van der Waals surface area (Å²) in [7, 11) is 0. The van der Waals surface area contributed by atoms with E-state index in [0.717, 1.165) is 24.1 Å². The van der Waals surface area contributed by atoms with Crippen molar-refractivity contribution in [2.24, 2.45) is 5.73 Å². The van der Waals surface area contributed by atoms with Crippen molar-refractivity contribution in [1.82, 2.24) is 4.98 Å². The Morgan fingerprint density at radius 1 is 1.50 bits per heavy atom. The summed E-state index contributed by atoms with van der Waals surface area (Å²) in [6.07, 6.45) is 2.27. The summed E-state index contributed by atoms with van der Waals surface area (Å²) in [6.45, 7) is 3.99. The zero-order valence-electron chi connectivity index (χ0n) is 8.55. The smallest absolute Gasteiger partial charge is 0.133 e. The monoisotopic (exact) mass is 210 g/mol. The molecule has 1 aromatic heterocycles. The molecule has 1 aliphatic carbocycles. The summed E-state index contributed by atoms with van der Waals surface area (Å²) >= 11 is 6.13. The van der Waals surface area contributed by atoms with Gasteiger partial charge in [0, 0.05) is 17.2 Å². The van der Waals surface area contributed by atoms with E-state index >= 15 is 0 Å². The second-order valence-corrected chi connectivity index (χ2v) is 4.59. The van der Waals surface area contributed by atoms with Gasteiger partial charge < -0.3 is 5.73 Å². The maximum atomic E-state index is 6.13. The van der Waals surface area contributed by atoms with E-state index in [1.165, 1.54) is 0 Å². The molecule has 3 heteroatoms. The number of hydrogen-bond donors (Lipinski definition) is 1. The van der Waals surface area contributed by atoms with Crippen molar-refractivity contribution in [2.75, 3.05) is 0 Å². The first-order chi connectivity index (χ1) is 6.56. The molecule has 0 spiro atoms. The zero-order valence-corrected chi connectivity index (χ0v) is 9.30. The Morgan fingerprint density at radius 3 is 2.57 bits per heavy atom. The van der Waals surface area contributed by atoms with Crippen LogP contribution < -0.4 is 5.73 Å². The number of aromatic nitrogens is 1. The summed E-state index contributed by atoms with van der Waals surface area (Å²) in [4.78, 5) is 4.27. The van der Waals surface area contributed by atoms with Gasteiger partial charge in [-0.1, -0.05) is 17.7 Å². The average Bonchev–Trinajstić information content (AvgIpc) is 2.84. The van der Waals surface area contributed by atoms with E-state index in [2.05, 4.69) is 11.1 Å². The van der Waals surface area contributed by atoms with Gasteiger partial charge in [0.05, 0.1) is 0 Å². The van der Waals surface area contributed by atoms with Crippen LogP contribution in [0, 0.1) is 6.92 Å². The van der Waals surface area contributed by atoms with Crippen molar-refractivity contribution in [3.8, 4) is 0 Å². The molecular weight excluding hydrogens is 196 g/mol. The van der Waals surface area contributed by atoms with Crippen LogP contribution in [-0.2, 0) is 5.41 Å². The number of nitrogens with zero attached hydrogens (tertiary/aromatic N) is 1. The van der Waals surface area contributed by atoms with E-state index in [-0.39, 0.29) is 11.5 Å². The molecule has 0 aliphatic heterocycles. The number of pyridine rings is 1. The quantitative estimate of drug-likeness (QED) is 0.762. The molecule has 0 amide bonds. The lowest BCUT2D eigenvalue weighted by Crippen LogP contribution is -2.32. The van der Waals surface area contributed by atoms with Crippen molar-refractivity contribution in [3.63, 3.8) is 0 Å². The van der Waals surface area contributed by atoms with Crippen molar-refractivity contribution in [3.05, 3.63) is 28.5 Å². The molecule has 2 nitrogen and oxygen atoms in total. The van der Waals surface area contributed by atoms with Gasteiger partial charge in [-0.25, -0.2) is 4.98 Å². The molecule has 1 atom stereocenters. The summed E-state index contributed by atoms with van der Waals surface area (Å²) in [5.41, 5.74) is 8.18. The van der Waals surface area contributed by atoms with E-state index in [9.17, 15) is 0 Å². The molecule has 0 radical (unpaired) electrons. The fourth-order valence-corrected chi connectivity index (χ4v) is 2.39. The SMILES string of the molecule is Cc1ccc(C2(C(C)N)CC2)c(Cl)n1. The van der Waals surface area contributed by atoms with Gasteiger partial charge in [-0.2, -0.15) is 0 Å². The van der Waals surface area contributed by atoms with Gasteiger partial charge in [0.25, 0.3) is 0 Å². The van der Waals surface area contributed by atoms with Crippen molar-refractivity contribution in [1.29, 1.82) is 0 Å². The van der Waals surface area contributed by atoms with Crippen LogP contribution in [0.15, 0.2) is 12.1 Å². The summed E-state index contributed by atoms with van der Waals surface area (Å²) in [5, 5.41) is 0.625. The average molecular weight is 211 g/mol. The third kappa shape index (κ3) is 1.43. The van der Waals surface area contributed by atoms with Gasteiger partial charge >= 0.3 is 0 Å². The second kappa shape index (κ2) is 3.21. The molecule has 0 bridgehead atoms. The Hall–Kier alpha value is -0.600. The van der Waals surface area contributed by atoms with Crippen molar-refractivity contribution >= 4 is 11.6 Å². The van der Waals surface area contributed by atoms with E-state index in [1.54, 1.807) is 0 Å². The number of nitrogens with two attached hydrogens (primary N) is 1. The Kier molecular flexibility index (Phi) is 2.28. The Morgan fingerprint density at radius 2 is 2.14 bits per heavy atom. The van der Waals surface area contributed by atoms with Gasteiger partial charge in [0.1, 0.15) is 5.15 Å². The van der Waals surface area contributed by atoms with Crippen molar-refractivity contribution in [2.45, 2.75) is 38.1 Å². The summed E-state index contributed by atoms with van der Waals surface area (Å²) < 4.78 is 0. The highest BCUT2D eigenvalue weighted by molar-refractivity contribution is 6.30. The van der Waals surface area contributed by atoms with Crippen LogP contribution in [0.1, 0.15) is 31.0 Å². The van der Waals surface area contributed by atoms with Crippen LogP contribution in [0.2, 0.25) is 5.15 Å². The zero-order chi connectivity index (χ0) is 10.3. The van der Waals surface area contributed by atoms with Gasteiger partial charge in [0.15, 0.2) is 0 Å². The normalized spacial score (nSPS) is 20.6. The van der Waals surface area contributed by atoms with Gasteiger partial charge in [-0.05, 0) is 38.3 Å². The van der Waals surface area contributed by atoms with Gasteiger partial charge in [-0.15, -0.1) is 0 Å². The minimum absolute atomic E-state index is 0.109. The maximum Gasteiger partial charge on any atom is 0.133 e. The molecule has 76 valence electrons. The van der Waals surface area contributed by atoms with Crippen LogP contribution in [0.4, 0.5) is 0 Å². The molecule has 1 unspecified atom stereocenters. The highest BCUT2D eigenvalue weighted by Crippen LogP contribution is 2.51. The Bertz CT molecular complexity index is 356. The number of rotatable bonds is 2. The molecule has 1 saturated carbocycles. The molecule has 1 fully saturated rings. The van der Waals surface area contributed by atoms with Crippen LogP contribution in [-0.4, -0.2) is 11.0 Å². The molecular formula is C11H15ClN2. The molecule has 14 heavy (non-hydrogen) atoms. The fraction of sp³-hybridized carbons (Fsp3) is 0.545. The van der Waals surface area contributed by atoms with E-state index in [1.807, 2.05) is 19.9 Å². The molecule has 1 heterocycles. The molecule has 2 rings (SSSR count). The number of aryl methyl sites for hydroxylation is 1. The summed E-state index contributed by atoms with van der Waals surface area (Å²) in [5.74, 6) is 0. The lowest BCUT2D eigenvalue weighted by molar-refractivity contribution is 0.555. The molecule has 1 aromatic rings. The Balaban J connectivity index is 2.42.